The molecule has 3 rings (SSSR count). The summed E-state index contributed by atoms with van der Waals surface area (Å²) < 4.78 is 0. The first kappa shape index (κ1) is 22.0. The number of fused-ring (bicyclic) bond motifs is 1. The van der Waals surface area contributed by atoms with Crippen LogP contribution in [0.4, 0.5) is 5.82 Å². The first-order chi connectivity index (χ1) is 14.4. The summed E-state index contributed by atoms with van der Waals surface area (Å²) >= 11 is 0. The first-order valence-corrected chi connectivity index (χ1v) is 10.8. The molecule has 2 heterocycles. The monoisotopic (exact) mass is 405 g/mol. The zero-order valence-corrected chi connectivity index (χ0v) is 18.8. The molecular weight excluding hydrogens is 370 g/mol. The molecule has 1 aromatic carbocycles. The number of nitrogens with two attached hydrogens (primary N) is 1. The SMILES string of the molecule is C=C(Nc1ncc2ccc(C(C=NC)=CN)cc2c1C)C1CCN(CC(C)C)CC1. The fraction of sp³-hybridized carbons (Fsp3) is 0.440. The van der Waals surface area contributed by atoms with E-state index in [0.29, 0.717) is 5.92 Å². The molecule has 0 bridgehead atoms. The number of anilines is 1. The number of allylic oxidation sites excluding steroid dienone is 2. The lowest BCUT2D eigenvalue weighted by Gasteiger charge is -2.34. The number of nitrogens with zero attached hydrogens (tertiary/aromatic N) is 3. The molecule has 0 unspecified atom stereocenters. The molecule has 0 amide bonds. The lowest BCUT2D eigenvalue weighted by Crippen LogP contribution is -2.37. The molecule has 1 aliphatic rings. The van der Waals surface area contributed by atoms with E-state index in [1.54, 1.807) is 19.5 Å². The Bertz CT molecular complexity index is 949. The maximum Gasteiger partial charge on any atom is 0.133 e. The summed E-state index contributed by atoms with van der Waals surface area (Å²) in [5.41, 5.74) is 9.95. The quantitative estimate of drug-likeness (QED) is 0.647. The third kappa shape index (κ3) is 5.08. The van der Waals surface area contributed by atoms with Crippen molar-refractivity contribution in [3.05, 3.63) is 54.0 Å². The third-order valence-electron chi connectivity index (χ3n) is 5.91. The molecule has 160 valence electrons. The van der Waals surface area contributed by atoms with Gasteiger partial charge in [0, 0.05) is 54.8 Å². The Hall–Kier alpha value is -2.66. The summed E-state index contributed by atoms with van der Waals surface area (Å²) in [7, 11) is 1.75. The molecule has 0 atom stereocenters. The summed E-state index contributed by atoms with van der Waals surface area (Å²) in [6.07, 6.45) is 7.60. The van der Waals surface area contributed by atoms with Crippen LogP contribution in [0.5, 0.6) is 0 Å². The van der Waals surface area contributed by atoms with Gasteiger partial charge in [0.25, 0.3) is 0 Å². The molecule has 5 heteroatoms. The highest BCUT2D eigenvalue weighted by atomic mass is 15.1. The van der Waals surface area contributed by atoms with E-state index in [4.69, 9.17) is 5.73 Å². The van der Waals surface area contributed by atoms with Crippen LogP contribution in [0.25, 0.3) is 16.3 Å². The smallest absolute Gasteiger partial charge is 0.133 e. The minimum Gasteiger partial charge on any atom is -0.404 e. The molecule has 0 radical (unpaired) electrons. The van der Waals surface area contributed by atoms with E-state index in [1.165, 1.54) is 6.54 Å². The van der Waals surface area contributed by atoms with Gasteiger partial charge in [0.05, 0.1) is 0 Å². The number of piperidine rings is 1. The van der Waals surface area contributed by atoms with E-state index in [2.05, 4.69) is 65.7 Å². The molecule has 0 aliphatic carbocycles. The number of aromatic nitrogens is 1. The van der Waals surface area contributed by atoms with Gasteiger partial charge >= 0.3 is 0 Å². The molecular formula is C25H35N5. The molecule has 2 aromatic rings. The van der Waals surface area contributed by atoms with Gasteiger partial charge in [-0.2, -0.15) is 0 Å². The van der Waals surface area contributed by atoms with Crippen LogP contribution in [0.15, 0.2) is 47.9 Å². The number of hydrogen-bond donors (Lipinski definition) is 2. The topological polar surface area (TPSA) is 66.5 Å². The maximum atomic E-state index is 5.79. The largest absolute Gasteiger partial charge is 0.404 e. The van der Waals surface area contributed by atoms with Gasteiger partial charge in [0.15, 0.2) is 0 Å². The number of aliphatic imine (C=N–C) groups is 1. The third-order valence-corrected chi connectivity index (χ3v) is 5.91. The maximum absolute atomic E-state index is 5.79. The van der Waals surface area contributed by atoms with E-state index < -0.39 is 0 Å². The fourth-order valence-electron chi connectivity index (χ4n) is 4.25. The van der Waals surface area contributed by atoms with E-state index in [1.807, 2.05) is 6.20 Å². The lowest BCUT2D eigenvalue weighted by atomic mass is 9.93. The van der Waals surface area contributed by atoms with Crippen molar-refractivity contribution in [1.82, 2.24) is 9.88 Å². The number of pyridine rings is 1. The zero-order valence-electron chi connectivity index (χ0n) is 18.8. The van der Waals surface area contributed by atoms with Crippen LogP contribution in [0.2, 0.25) is 0 Å². The summed E-state index contributed by atoms with van der Waals surface area (Å²) in [5, 5.41) is 5.80. The zero-order chi connectivity index (χ0) is 21.7. The van der Waals surface area contributed by atoms with E-state index in [-0.39, 0.29) is 0 Å². The van der Waals surface area contributed by atoms with Crippen molar-refractivity contribution in [2.24, 2.45) is 22.6 Å². The highest BCUT2D eigenvalue weighted by Gasteiger charge is 2.22. The Balaban J connectivity index is 1.76. The number of aryl methyl sites for hydroxylation is 1. The summed E-state index contributed by atoms with van der Waals surface area (Å²) in [4.78, 5) is 11.3. The highest BCUT2D eigenvalue weighted by molar-refractivity contribution is 6.10. The van der Waals surface area contributed by atoms with Crippen molar-refractivity contribution < 1.29 is 0 Å². The van der Waals surface area contributed by atoms with Crippen molar-refractivity contribution in [1.29, 1.82) is 0 Å². The number of nitrogens with one attached hydrogen (secondary N) is 1. The average molecular weight is 406 g/mol. The van der Waals surface area contributed by atoms with Crippen LogP contribution in [-0.2, 0) is 0 Å². The van der Waals surface area contributed by atoms with Gasteiger partial charge in [0.2, 0.25) is 0 Å². The summed E-state index contributed by atoms with van der Waals surface area (Å²) in [6.45, 7) is 14.5. The Labute approximate surface area is 180 Å². The standard InChI is InChI=1S/C25H35N5/c1-17(2)16-30-10-8-20(9-11-30)19(4)29-25-18(3)24-12-21(23(13-26)14-27-5)6-7-22(24)15-28-25/h6-7,12-15,17,20H,4,8-11,16,26H2,1-3,5H3,(H,28,29). The van der Waals surface area contributed by atoms with Crippen molar-refractivity contribution in [3.63, 3.8) is 0 Å². The van der Waals surface area contributed by atoms with Crippen molar-refractivity contribution >= 4 is 28.4 Å². The van der Waals surface area contributed by atoms with Gasteiger partial charge in [-0.15, -0.1) is 0 Å². The Morgan fingerprint density at radius 3 is 2.73 bits per heavy atom. The van der Waals surface area contributed by atoms with Gasteiger partial charge < -0.3 is 16.0 Å². The molecule has 1 fully saturated rings. The van der Waals surface area contributed by atoms with Gasteiger partial charge in [-0.1, -0.05) is 32.6 Å². The molecule has 5 nitrogen and oxygen atoms in total. The normalized spacial score (nSPS) is 16.6. The average Bonchev–Trinajstić information content (AvgIpc) is 2.74. The fourth-order valence-corrected chi connectivity index (χ4v) is 4.25. The molecule has 1 saturated heterocycles. The molecule has 1 aromatic heterocycles. The van der Waals surface area contributed by atoms with Crippen LogP contribution in [-0.4, -0.2) is 42.8 Å². The van der Waals surface area contributed by atoms with Crippen LogP contribution in [0.3, 0.4) is 0 Å². The lowest BCUT2D eigenvalue weighted by molar-refractivity contribution is 0.181. The van der Waals surface area contributed by atoms with Crippen molar-refractivity contribution in [2.75, 3.05) is 32.0 Å². The van der Waals surface area contributed by atoms with Crippen LogP contribution in [0.1, 0.15) is 37.8 Å². The number of likely N-dealkylation sites (tertiary alicyclic amines) is 1. The van der Waals surface area contributed by atoms with Crippen molar-refractivity contribution in [3.8, 4) is 0 Å². The summed E-state index contributed by atoms with van der Waals surface area (Å²) in [6, 6.07) is 6.30. The minimum atomic E-state index is 0.490. The number of rotatable bonds is 7. The molecule has 0 spiro atoms. The van der Waals surface area contributed by atoms with Gasteiger partial charge in [-0.05, 0) is 61.4 Å². The predicted octanol–water partition coefficient (Wildman–Crippen LogP) is 4.84. The molecule has 30 heavy (non-hydrogen) atoms. The Morgan fingerprint density at radius 2 is 2.10 bits per heavy atom. The van der Waals surface area contributed by atoms with Crippen LogP contribution in [0, 0.1) is 18.8 Å². The van der Waals surface area contributed by atoms with Gasteiger partial charge in [-0.3, -0.25) is 4.99 Å². The first-order valence-electron chi connectivity index (χ1n) is 10.8. The number of benzene rings is 1. The van der Waals surface area contributed by atoms with E-state index >= 15 is 0 Å². The summed E-state index contributed by atoms with van der Waals surface area (Å²) in [5.74, 6) is 2.09. The highest BCUT2D eigenvalue weighted by Crippen LogP contribution is 2.30. The second-order valence-corrected chi connectivity index (χ2v) is 8.66. The van der Waals surface area contributed by atoms with E-state index in [0.717, 1.165) is 70.8 Å². The number of hydrogen-bond acceptors (Lipinski definition) is 5. The molecule has 1 aliphatic heterocycles. The second-order valence-electron chi connectivity index (χ2n) is 8.66. The van der Waals surface area contributed by atoms with E-state index in [9.17, 15) is 0 Å². The van der Waals surface area contributed by atoms with Gasteiger partial charge in [-0.25, -0.2) is 4.98 Å². The van der Waals surface area contributed by atoms with Crippen LogP contribution < -0.4 is 11.1 Å². The molecule has 0 saturated carbocycles. The minimum absolute atomic E-state index is 0.490. The molecule has 3 N–H and O–H groups in total. The Morgan fingerprint density at radius 1 is 1.37 bits per heavy atom. The predicted molar refractivity (Wildman–Crippen MR) is 130 cm³/mol. The second kappa shape index (κ2) is 9.90. The van der Waals surface area contributed by atoms with Crippen LogP contribution >= 0.6 is 0 Å². The van der Waals surface area contributed by atoms with Gasteiger partial charge in [0.1, 0.15) is 5.82 Å². The van der Waals surface area contributed by atoms with Crippen molar-refractivity contribution in [2.45, 2.75) is 33.6 Å². The Kier molecular flexibility index (Phi) is 7.27.